The molecule has 1 aromatic carbocycles. The maximum atomic E-state index is 12.0. The number of rotatable bonds is 6. The maximum Gasteiger partial charge on any atom is 0.261 e. The molecule has 1 fully saturated rings. The van der Waals surface area contributed by atoms with Gasteiger partial charge in [-0.2, -0.15) is 0 Å². The van der Waals surface area contributed by atoms with Crippen LogP contribution in [-0.4, -0.2) is 24.4 Å². The first-order valence-corrected chi connectivity index (χ1v) is 8.78. The molecule has 1 heterocycles. The van der Waals surface area contributed by atoms with Gasteiger partial charge in [-0.05, 0) is 49.1 Å². The third kappa shape index (κ3) is 3.99. The van der Waals surface area contributed by atoms with Crippen molar-refractivity contribution in [2.24, 2.45) is 0 Å². The van der Waals surface area contributed by atoms with Crippen molar-refractivity contribution >= 4 is 23.2 Å². The third-order valence-corrected chi connectivity index (χ3v) is 4.84. The second-order valence-corrected chi connectivity index (χ2v) is 6.83. The fraction of sp³-hybridized carbons (Fsp3) is 0.333. The number of amides is 2. The molecule has 3 rings (SSSR count). The number of thiophene rings is 1. The highest BCUT2D eigenvalue weighted by molar-refractivity contribution is 7.17. The van der Waals surface area contributed by atoms with Crippen LogP contribution in [0.4, 0.5) is 0 Å². The predicted octanol–water partition coefficient (Wildman–Crippen LogP) is 3.45. The Morgan fingerprint density at radius 1 is 1.09 bits per heavy atom. The monoisotopic (exact) mass is 328 g/mol. The van der Waals surface area contributed by atoms with Gasteiger partial charge in [-0.25, -0.2) is 0 Å². The van der Waals surface area contributed by atoms with E-state index in [2.05, 4.69) is 10.6 Å². The Labute approximate surface area is 139 Å². The molecule has 0 radical (unpaired) electrons. The summed E-state index contributed by atoms with van der Waals surface area (Å²) in [6.07, 6.45) is 3.10. The van der Waals surface area contributed by atoms with Gasteiger partial charge in [0.05, 0.1) is 4.88 Å². The van der Waals surface area contributed by atoms with E-state index in [-0.39, 0.29) is 11.8 Å². The Kier molecular flexibility index (Phi) is 4.76. The molecule has 1 aliphatic rings. The van der Waals surface area contributed by atoms with E-state index in [1.165, 1.54) is 11.3 Å². The zero-order chi connectivity index (χ0) is 16.2. The Morgan fingerprint density at radius 2 is 1.83 bits per heavy atom. The van der Waals surface area contributed by atoms with Crippen LogP contribution in [0.2, 0.25) is 0 Å². The molecule has 0 unspecified atom stereocenters. The summed E-state index contributed by atoms with van der Waals surface area (Å²) in [6, 6.07) is 11.7. The molecular formula is C18H20N2O2S. The summed E-state index contributed by atoms with van der Waals surface area (Å²) in [5.74, 6) is -0.0339. The number of hydrogen-bond acceptors (Lipinski definition) is 3. The maximum absolute atomic E-state index is 12.0. The molecule has 0 atom stereocenters. The van der Waals surface area contributed by atoms with Crippen LogP contribution >= 0.6 is 11.3 Å². The standard InChI is InChI=1S/C18H20N2O2S/c1-2-11-19-18(22)16-10-9-15(23-16)12-3-5-13(6-4-12)17(21)20-14-7-8-14/h3-6,9-10,14H,2,7-8,11H2,1H3,(H,19,22)(H,20,21). The molecule has 1 aromatic heterocycles. The minimum absolute atomic E-state index is 0.00939. The van der Waals surface area contributed by atoms with Gasteiger partial charge in [0.25, 0.3) is 11.8 Å². The Bertz CT molecular complexity index is 702. The summed E-state index contributed by atoms with van der Waals surface area (Å²) in [7, 11) is 0. The smallest absolute Gasteiger partial charge is 0.261 e. The Balaban J connectivity index is 1.68. The van der Waals surface area contributed by atoms with Crippen molar-refractivity contribution in [3.63, 3.8) is 0 Å². The van der Waals surface area contributed by atoms with Crippen molar-refractivity contribution in [3.8, 4) is 10.4 Å². The first-order chi connectivity index (χ1) is 11.2. The predicted molar refractivity (Wildman–Crippen MR) is 92.9 cm³/mol. The molecule has 2 aromatic rings. The summed E-state index contributed by atoms with van der Waals surface area (Å²) >= 11 is 1.47. The van der Waals surface area contributed by atoms with Gasteiger partial charge in [0, 0.05) is 23.0 Å². The van der Waals surface area contributed by atoms with E-state index in [9.17, 15) is 9.59 Å². The number of hydrogen-bond donors (Lipinski definition) is 2. The van der Waals surface area contributed by atoms with E-state index in [0.29, 0.717) is 23.0 Å². The summed E-state index contributed by atoms with van der Waals surface area (Å²) in [6.45, 7) is 2.72. The number of benzene rings is 1. The van der Waals surface area contributed by atoms with Gasteiger partial charge < -0.3 is 10.6 Å². The highest BCUT2D eigenvalue weighted by atomic mass is 32.1. The minimum Gasteiger partial charge on any atom is -0.351 e. The molecule has 5 heteroatoms. The Hall–Kier alpha value is -2.14. The largest absolute Gasteiger partial charge is 0.351 e. The highest BCUT2D eigenvalue weighted by Crippen LogP contribution is 2.28. The summed E-state index contributed by atoms with van der Waals surface area (Å²) in [4.78, 5) is 25.7. The molecule has 1 saturated carbocycles. The van der Waals surface area contributed by atoms with Crippen LogP contribution in [0.3, 0.4) is 0 Å². The van der Waals surface area contributed by atoms with Crippen molar-refractivity contribution < 1.29 is 9.59 Å². The lowest BCUT2D eigenvalue weighted by atomic mass is 10.1. The average Bonchev–Trinajstić information content (AvgIpc) is 3.24. The van der Waals surface area contributed by atoms with Crippen LogP contribution in [-0.2, 0) is 0 Å². The zero-order valence-corrected chi connectivity index (χ0v) is 13.9. The molecule has 2 N–H and O–H groups in total. The van der Waals surface area contributed by atoms with Crippen molar-refractivity contribution in [2.75, 3.05) is 6.54 Å². The van der Waals surface area contributed by atoms with Crippen LogP contribution in [0.25, 0.3) is 10.4 Å². The lowest BCUT2D eigenvalue weighted by Crippen LogP contribution is -2.25. The summed E-state index contributed by atoms with van der Waals surface area (Å²) in [5, 5.41) is 5.86. The summed E-state index contributed by atoms with van der Waals surface area (Å²) in [5.41, 5.74) is 1.70. The lowest BCUT2D eigenvalue weighted by molar-refractivity contribution is 0.0945. The van der Waals surface area contributed by atoms with E-state index < -0.39 is 0 Å². The molecule has 0 saturated heterocycles. The molecule has 120 valence electrons. The molecule has 0 aliphatic heterocycles. The first kappa shape index (κ1) is 15.7. The van der Waals surface area contributed by atoms with Crippen LogP contribution < -0.4 is 10.6 Å². The second-order valence-electron chi connectivity index (χ2n) is 5.74. The normalized spacial score (nSPS) is 13.6. The van der Waals surface area contributed by atoms with Gasteiger partial charge in [0.1, 0.15) is 0 Å². The SMILES string of the molecule is CCCNC(=O)c1ccc(-c2ccc(C(=O)NC3CC3)cc2)s1. The van der Waals surface area contributed by atoms with E-state index in [0.717, 1.165) is 29.7 Å². The van der Waals surface area contributed by atoms with Crippen LogP contribution in [0.15, 0.2) is 36.4 Å². The zero-order valence-electron chi connectivity index (χ0n) is 13.1. The minimum atomic E-state index is -0.0245. The molecule has 23 heavy (non-hydrogen) atoms. The topological polar surface area (TPSA) is 58.2 Å². The quantitative estimate of drug-likeness (QED) is 0.853. The number of nitrogens with one attached hydrogen (secondary N) is 2. The van der Waals surface area contributed by atoms with E-state index in [1.54, 1.807) is 0 Å². The molecular weight excluding hydrogens is 308 g/mol. The highest BCUT2D eigenvalue weighted by Gasteiger charge is 2.23. The van der Waals surface area contributed by atoms with Gasteiger partial charge in [0.15, 0.2) is 0 Å². The second kappa shape index (κ2) is 6.96. The van der Waals surface area contributed by atoms with E-state index >= 15 is 0 Å². The van der Waals surface area contributed by atoms with Crippen molar-refractivity contribution in [1.82, 2.24) is 10.6 Å². The molecule has 1 aliphatic carbocycles. The lowest BCUT2D eigenvalue weighted by Gasteiger charge is -2.04. The van der Waals surface area contributed by atoms with Gasteiger partial charge in [-0.15, -0.1) is 11.3 Å². The van der Waals surface area contributed by atoms with Gasteiger partial charge >= 0.3 is 0 Å². The van der Waals surface area contributed by atoms with Crippen LogP contribution in [0.1, 0.15) is 46.2 Å². The van der Waals surface area contributed by atoms with Gasteiger partial charge in [-0.1, -0.05) is 19.1 Å². The molecule has 0 spiro atoms. The van der Waals surface area contributed by atoms with E-state index in [1.807, 2.05) is 43.3 Å². The third-order valence-electron chi connectivity index (χ3n) is 3.71. The van der Waals surface area contributed by atoms with Crippen molar-refractivity contribution in [2.45, 2.75) is 32.2 Å². The number of carbonyl (C=O) groups excluding carboxylic acids is 2. The average molecular weight is 328 g/mol. The van der Waals surface area contributed by atoms with E-state index in [4.69, 9.17) is 0 Å². The van der Waals surface area contributed by atoms with Crippen molar-refractivity contribution in [1.29, 1.82) is 0 Å². The summed E-state index contributed by atoms with van der Waals surface area (Å²) < 4.78 is 0. The number of carbonyl (C=O) groups is 2. The van der Waals surface area contributed by atoms with Crippen molar-refractivity contribution in [3.05, 3.63) is 46.8 Å². The molecule has 4 nitrogen and oxygen atoms in total. The van der Waals surface area contributed by atoms with Crippen LogP contribution in [0, 0.1) is 0 Å². The fourth-order valence-electron chi connectivity index (χ4n) is 2.22. The van der Waals surface area contributed by atoms with Gasteiger partial charge in [-0.3, -0.25) is 9.59 Å². The first-order valence-electron chi connectivity index (χ1n) is 7.96. The van der Waals surface area contributed by atoms with Gasteiger partial charge in [0.2, 0.25) is 0 Å². The Morgan fingerprint density at radius 3 is 2.48 bits per heavy atom. The van der Waals surface area contributed by atoms with Crippen LogP contribution in [0.5, 0.6) is 0 Å². The fourth-order valence-corrected chi connectivity index (χ4v) is 3.15. The molecule has 0 bridgehead atoms. The molecule has 2 amide bonds.